The van der Waals surface area contributed by atoms with Gasteiger partial charge in [-0.05, 0) is 36.6 Å². The molecule has 0 radical (unpaired) electrons. The first-order chi connectivity index (χ1) is 13.2. The smallest absolute Gasteiger partial charge is 0.283 e. The van der Waals surface area contributed by atoms with Gasteiger partial charge in [-0.25, -0.2) is 0 Å². The second kappa shape index (κ2) is 7.57. The molecule has 2 aromatic rings. The summed E-state index contributed by atoms with van der Waals surface area (Å²) in [4.78, 5) is 26.6. The maximum Gasteiger partial charge on any atom is 0.283 e. The van der Waals surface area contributed by atoms with Gasteiger partial charge in [0.25, 0.3) is 11.8 Å². The van der Waals surface area contributed by atoms with Crippen LogP contribution in [-0.4, -0.2) is 37.6 Å². The lowest BCUT2D eigenvalue weighted by atomic mass is 10.0. The molecule has 2 aliphatic heterocycles. The number of amides is 2. The predicted molar refractivity (Wildman–Crippen MR) is 99.6 cm³/mol. The number of hydrazine groups is 1. The second-order valence-electron chi connectivity index (χ2n) is 6.56. The molecule has 7 nitrogen and oxygen atoms in total. The van der Waals surface area contributed by atoms with E-state index in [0.717, 1.165) is 25.1 Å². The second-order valence-corrected chi connectivity index (χ2v) is 6.56. The van der Waals surface area contributed by atoms with Crippen LogP contribution in [0.4, 0.5) is 5.69 Å². The van der Waals surface area contributed by atoms with Crippen molar-refractivity contribution in [3.8, 4) is 11.5 Å². The Hall–Kier alpha value is -3.22. The van der Waals surface area contributed by atoms with Crippen molar-refractivity contribution in [1.82, 2.24) is 10.9 Å². The summed E-state index contributed by atoms with van der Waals surface area (Å²) in [6.45, 7) is 1.09. The quantitative estimate of drug-likeness (QED) is 0.803. The number of aryl methyl sites for hydroxylation is 1. The first kappa shape index (κ1) is 17.2. The summed E-state index contributed by atoms with van der Waals surface area (Å²) in [6, 6.07) is 15.2. The Kier molecular flexibility index (Phi) is 4.82. The Balaban J connectivity index is 1.29. The van der Waals surface area contributed by atoms with Crippen LogP contribution in [-0.2, 0) is 16.0 Å². The molecule has 2 N–H and O–H groups in total. The van der Waals surface area contributed by atoms with E-state index in [0.29, 0.717) is 11.5 Å². The van der Waals surface area contributed by atoms with Crippen LogP contribution in [0.5, 0.6) is 11.5 Å². The molecule has 0 aliphatic carbocycles. The number of nitrogens with zero attached hydrogens (tertiary/aromatic N) is 1. The van der Waals surface area contributed by atoms with E-state index in [1.165, 1.54) is 5.56 Å². The summed E-state index contributed by atoms with van der Waals surface area (Å²) >= 11 is 0. The van der Waals surface area contributed by atoms with Crippen LogP contribution in [0.3, 0.4) is 0 Å². The molecule has 7 heteroatoms. The van der Waals surface area contributed by atoms with Crippen LogP contribution in [0.25, 0.3) is 0 Å². The van der Waals surface area contributed by atoms with Gasteiger partial charge in [-0.1, -0.05) is 30.3 Å². The normalized spacial score (nSPS) is 17.6. The molecule has 27 heavy (non-hydrogen) atoms. The minimum absolute atomic E-state index is 0.0955. The molecule has 0 aromatic heterocycles. The maximum atomic E-state index is 12.3. The highest BCUT2D eigenvalue weighted by molar-refractivity contribution is 5.87. The summed E-state index contributed by atoms with van der Waals surface area (Å²) in [5, 5.41) is 0. The summed E-state index contributed by atoms with van der Waals surface area (Å²) in [7, 11) is 0. The van der Waals surface area contributed by atoms with Gasteiger partial charge in [-0.3, -0.25) is 20.4 Å². The number of ether oxygens (including phenoxy) is 2. The number of rotatable bonds is 3. The van der Waals surface area contributed by atoms with E-state index < -0.39 is 12.0 Å². The van der Waals surface area contributed by atoms with Crippen molar-refractivity contribution < 1.29 is 19.1 Å². The van der Waals surface area contributed by atoms with Crippen molar-refractivity contribution in [2.75, 3.05) is 24.6 Å². The summed E-state index contributed by atoms with van der Waals surface area (Å²) < 4.78 is 11.1. The van der Waals surface area contributed by atoms with Crippen LogP contribution in [0.15, 0.2) is 48.5 Å². The van der Waals surface area contributed by atoms with Gasteiger partial charge in [-0.2, -0.15) is 0 Å². The molecule has 0 fully saturated rings. The predicted octanol–water partition coefficient (Wildman–Crippen LogP) is 1.43. The van der Waals surface area contributed by atoms with Crippen molar-refractivity contribution in [3.05, 3.63) is 54.1 Å². The molecule has 2 aliphatic rings. The third-order valence-corrected chi connectivity index (χ3v) is 4.67. The maximum absolute atomic E-state index is 12.3. The lowest BCUT2D eigenvalue weighted by molar-refractivity contribution is -0.134. The molecule has 2 amide bonds. The van der Waals surface area contributed by atoms with Gasteiger partial charge in [0.2, 0.25) is 6.10 Å². The highest BCUT2D eigenvalue weighted by Crippen LogP contribution is 2.30. The van der Waals surface area contributed by atoms with E-state index in [1.54, 1.807) is 18.2 Å². The Morgan fingerprint density at radius 1 is 1.04 bits per heavy atom. The van der Waals surface area contributed by atoms with Crippen LogP contribution < -0.4 is 25.2 Å². The van der Waals surface area contributed by atoms with Gasteiger partial charge >= 0.3 is 0 Å². The highest BCUT2D eigenvalue weighted by Gasteiger charge is 2.27. The SMILES string of the molecule is O=C(CN1CCCc2ccccc21)NNC(=O)[C@H]1COc2ccccc2O1. The van der Waals surface area contributed by atoms with Gasteiger partial charge in [0.1, 0.15) is 6.61 Å². The minimum atomic E-state index is -0.809. The zero-order chi connectivity index (χ0) is 18.6. The Morgan fingerprint density at radius 3 is 2.70 bits per heavy atom. The summed E-state index contributed by atoms with van der Waals surface area (Å²) in [6.07, 6.45) is 1.21. The van der Waals surface area contributed by atoms with Gasteiger partial charge in [0.05, 0.1) is 6.54 Å². The van der Waals surface area contributed by atoms with E-state index in [2.05, 4.69) is 16.9 Å². The highest BCUT2D eigenvalue weighted by atomic mass is 16.6. The average Bonchev–Trinajstić information content (AvgIpc) is 2.72. The Morgan fingerprint density at radius 2 is 1.81 bits per heavy atom. The molecule has 0 saturated heterocycles. The monoisotopic (exact) mass is 367 g/mol. The number of fused-ring (bicyclic) bond motifs is 2. The zero-order valence-corrected chi connectivity index (χ0v) is 14.8. The van der Waals surface area contributed by atoms with Crippen LogP contribution in [0.1, 0.15) is 12.0 Å². The van der Waals surface area contributed by atoms with E-state index in [1.807, 2.05) is 29.2 Å². The number of anilines is 1. The van der Waals surface area contributed by atoms with Gasteiger partial charge in [0, 0.05) is 12.2 Å². The van der Waals surface area contributed by atoms with E-state index in [-0.39, 0.29) is 19.1 Å². The Bertz CT molecular complexity index is 855. The van der Waals surface area contributed by atoms with Crippen LogP contribution in [0, 0.1) is 0 Å². The third-order valence-electron chi connectivity index (χ3n) is 4.67. The standard InChI is InChI=1S/C20H21N3O4/c24-19(12-23-11-5-7-14-6-1-2-8-15(14)23)21-22-20(25)18-13-26-16-9-3-4-10-17(16)27-18/h1-4,6,8-10,18H,5,7,11-13H2,(H,21,24)(H,22,25)/t18-/m1/s1. The van der Waals surface area contributed by atoms with Crippen molar-refractivity contribution in [2.45, 2.75) is 18.9 Å². The van der Waals surface area contributed by atoms with E-state index in [9.17, 15) is 9.59 Å². The molecule has 1 atom stereocenters. The van der Waals surface area contributed by atoms with Crippen molar-refractivity contribution in [2.24, 2.45) is 0 Å². The van der Waals surface area contributed by atoms with E-state index >= 15 is 0 Å². The molecule has 2 aromatic carbocycles. The topological polar surface area (TPSA) is 79.9 Å². The number of carbonyl (C=O) groups excluding carboxylic acids is 2. The van der Waals surface area contributed by atoms with Crippen molar-refractivity contribution >= 4 is 17.5 Å². The van der Waals surface area contributed by atoms with Crippen molar-refractivity contribution in [1.29, 1.82) is 0 Å². The first-order valence-corrected chi connectivity index (χ1v) is 9.01. The fourth-order valence-electron chi connectivity index (χ4n) is 3.35. The molecule has 0 spiro atoms. The summed E-state index contributed by atoms with van der Waals surface area (Å²) in [5.41, 5.74) is 7.21. The fourth-order valence-corrected chi connectivity index (χ4v) is 3.35. The molecule has 0 saturated carbocycles. The molecule has 2 heterocycles. The average molecular weight is 367 g/mol. The molecular formula is C20H21N3O4. The number of nitrogens with one attached hydrogen (secondary N) is 2. The van der Waals surface area contributed by atoms with Gasteiger partial charge in [-0.15, -0.1) is 0 Å². The number of carbonyl (C=O) groups is 2. The lowest BCUT2D eigenvalue weighted by Crippen LogP contribution is -2.53. The molecule has 4 rings (SSSR count). The Labute approximate surface area is 157 Å². The molecule has 0 unspecified atom stereocenters. The number of hydrogen-bond acceptors (Lipinski definition) is 5. The fraction of sp³-hybridized carbons (Fsp3) is 0.300. The number of benzene rings is 2. The van der Waals surface area contributed by atoms with Crippen molar-refractivity contribution in [3.63, 3.8) is 0 Å². The van der Waals surface area contributed by atoms with Crippen LogP contribution >= 0.6 is 0 Å². The van der Waals surface area contributed by atoms with Crippen LogP contribution in [0.2, 0.25) is 0 Å². The number of para-hydroxylation sites is 3. The number of hydrogen-bond donors (Lipinski definition) is 2. The molecular weight excluding hydrogens is 346 g/mol. The first-order valence-electron chi connectivity index (χ1n) is 9.01. The lowest BCUT2D eigenvalue weighted by Gasteiger charge is -2.30. The van der Waals surface area contributed by atoms with E-state index in [4.69, 9.17) is 9.47 Å². The zero-order valence-electron chi connectivity index (χ0n) is 14.8. The molecule has 140 valence electrons. The third kappa shape index (κ3) is 3.81. The largest absolute Gasteiger partial charge is 0.485 e. The molecule has 0 bridgehead atoms. The summed E-state index contributed by atoms with van der Waals surface area (Å²) in [5.74, 6) is 0.392. The van der Waals surface area contributed by atoms with Gasteiger partial charge < -0.3 is 14.4 Å². The minimum Gasteiger partial charge on any atom is -0.485 e. The van der Waals surface area contributed by atoms with Gasteiger partial charge in [0.15, 0.2) is 11.5 Å².